The van der Waals surface area contributed by atoms with Crippen LogP contribution < -0.4 is 5.73 Å². The van der Waals surface area contributed by atoms with Crippen LogP contribution in [0.3, 0.4) is 0 Å². The van der Waals surface area contributed by atoms with Crippen molar-refractivity contribution in [3.8, 4) is 0 Å². The lowest BCUT2D eigenvalue weighted by Crippen LogP contribution is -2.24. The minimum Gasteiger partial charge on any atom is -0.387 e. The van der Waals surface area contributed by atoms with Crippen molar-refractivity contribution in [1.82, 2.24) is 0 Å². The summed E-state index contributed by atoms with van der Waals surface area (Å²) in [7, 11) is 0. The van der Waals surface area contributed by atoms with Crippen molar-refractivity contribution in [3.05, 3.63) is 33.6 Å². The monoisotopic (exact) mass is 237 g/mol. The molecule has 0 bridgehead atoms. The maximum atomic E-state index is 13.1. The molecule has 78 valence electrons. The van der Waals surface area contributed by atoms with E-state index in [9.17, 15) is 9.50 Å². The number of aliphatic hydroxyl groups excluding tert-OH is 1. The van der Waals surface area contributed by atoms with Crippen LogP contribution >= 0.6 is 23.2 Å². The Kier molecular flexibility index (Phi) is 3.72. The van der Waals surface area contributed by atoms with Crippen LogP contribution in [0.1, 0.15) is 18.6 Å². The number of benzene rings is 1. The van der Waals surface area contributed by atoms with Crippen molar-refractivity contribution >= 4 is 23.2 Å². The molecule has 1 rings (SSSR count). The zero-order valence-corrected chi connectivity index (χ0v) is 8.98. The molecule has 0 fully saturated rings. The minimum absolute atomic E-state index is 0.140. The molecule has 0 spiro atoms. The van der Waals surface area contributed by atoms with Gasteiger partial charge in [0.2, 0.25) is 0 Å². The number of aliphatic hydroxyl groups is 1. The number of hydrogen-bond acceptors (Lipinski definition) is 2. The van der Waals surface area contributed by atoms with Crippen molar-refractivity contribution in [2.75, 3.05) is 0 Å². The molecule has 2 nitrogen and oxygen atoms in total. The van der Waals surface area contributed by atoms with Gasteiger partial charge in [-0.1, -0.05) is 23.2 Å². The molecular formula is C9H10Cl2FNO. The van der Waals surface area contributed by atoms with Gasteiger partial charge in [0.1, 0.15) is 5.82 Å². The van der Waals surface area contributed by atoms with Gasteiger partial charge in [0.25, 0.3) is 0 Å². The average Bonchev–Trinajstić information content (AvgIpc) is 2.09. The summed E-state index contributed by atoms with van der Waals surface area (Å²) in [4.78, 5) is 0. The Bertz CT molecular complexity index is 344. The highest BCUT2D eigenvalue weighted by atomic mass is 35.5. The van der Waals surface area contributed by atoms with Gasteiger partial charge in [-0.2, -0.15) is 0 Å². The van der Waals surface area contributed by atoms with Gasteiger partial charge < -0.3 is 10.8 Å². The number of hydrogen-bond donors (Lipinski definition) is 2. The zero-order valence-electron chi connectivity index (χ0n) is 7.47. The first-order chi connectivity index (χ1) is 6.43. The van der Waals surface area contributed by atoms with Gasteiger partial charge in [0, 0.05) is 16.6 Å². The van der Waals surface area contributed by atoms with Crippen molar-refractivity contribution < 1.29 is 9.50 Å². The maximum Gasteiger partial charge on any atom is 0.143 e. The Labute approximate surface area is 91.4 Å². The highest BCUT2D eigenvalue weighted by Crippen LogP contribution is 2.30. The molecule has 0 aliphatic carbocycles. The topological polar surface area (TPSA) is 46.2 Å². The van der Waals surface area contributed by atoms with Crippen molar-refractivity contribution in [1.29, 1.82) is 0 Å². The van der Waals surface area contributed by atoms with Gasteiger partial charge in [-0.25, -0.2) is 4.39 Å². The molecule has 14 heavy (non-hydrogen) atoms. The summed E-state index contributed by atoms with van der Waals surface area (Å²) in [6.45, 7) is 1.60. The Morgan fingerprint density at radius 3 is 2.50 bits per heavy atom. The molecule has 0 aliphatic heterocycles. The second-order valence-electron chi connectivity index (χ2n) is 3.09. The van der Waals surface area contributed by atoms with Crippen LogP contribution in [0.25, 0.3) is 0 Å². The molecule has 0 amide bonds. The standard InChI is InChI=1S/C9H10Cl2FNO/c1-4(13)9(14)6-2-5(10)3-7(12)8(6)11/h2-4,9,14H,13H2,1H3/t4-,9-/m0/s1. The summed E-state index contributed by atoms with van der Waals surface area (Å²) < 4.78 is 13.1. The third kappa shape index (κ3) is 2.36. The molecule has 0 radical (unpaired) electrons. The SMILES string of the molecule is C[C@H](N)[C@H](O)c1cc(Cl)cc(F)c1Cl. The van der Waals surface area contributed by atoms with Crippen molar-refractivity contribution in [3.63, 3.8) is 0 Å². The van der Waals surface area contributed by atoms with Gasteiger partial charge in [0.05, 0.1) is 11.1 Å². The van der Waals surface area contributed by atoms with Gasteiger partial charge in [0.15, 0.2) is 0 Å². The molecule has 1 aromatic rings. The van der Waals surface area contributed by atoms with Crippen LogP contribution in [0, 0.1) is 5.82 Å². The molecule has 0 unspecified atom stereocenters. The van der Waals surface area contributed by atoms with Crippen LogP contribution in [0.4, 0.5) is 4.39 Å². The summed E-state index contributed by atoms with van der Waals surface area (Å²) >= 11 is 11.3. The van der Waals surface area contributed by atoms with E-state index in [2.05, 4.69) is 0 Å². The smallest absolute Gasteiger partial charge is 0.143 e. The molecule has 0 saturated heterocycles. The number of halogens is 3. The molecular weight excluding hydrogens is 228 g/mol. The normalized spacial score (nSPS) is 15.3. The highest BCUT2D eigenvalue weighted by Gasteiger charge is 2.18. The zero-order chi connectivity index (χ0) is 10.9. The molecule has 2 atom stereocenters. The maximum absolute atomic E-state index is 13.1. The molecule has 5 heteroatoms. The number of rotatable bonds is 2. The Morgan fingerprint density at radius 2 is 2.00 bits per heavy atom. The molecule has 0 aliphatic rings. The third-order valence-corrected chi connectivity index (χ3v) is 2.45. The van der Waals surface area contributed by atoms with E-state index < -0.39 is 18.0 Å². The summed E-state index contributed by atoms with van der Waals surface area (Å²) in [6, 6.07) is 1.95. The van der Waals surface area contributed by atoms with E-state index in [4.69, 9.17) is 28.9 Å². The van der Waals surface area contributed by atoms with Gasteiger partial charge in [-0.05, 0) is 19.1 Å². The first kappa shape index (κ1) is 11.7. The molecule has 0 aromatic heterocycles. The molecule has 3 N–H and O–H groups in total. The molecule has 0 heterocycles. The Morgan fingerprint density at radius 1 is 1.43 bits per heavy atom. The lowest BCUT2D eigenvalue weighted by molar-refractivity contribution is 0.153. The van der Waals surface area contributed by atoms with Gasteiger partial charge in [-0.3, -0.25) is 0 Å². The van der Waals surface area contributed by atoms with Crippen molar-refractivity contribution in [2.45, 2.75) is 19.1 Å². The highest BCUT2D eigenvalue weighted by molar-refractivity contribution is 6.33. The Hall–Kier alpha value is -0.350. The fourth-order valence-electron chi connectivity index (χ4n) is 1.07. The fourth-order valence-corrected chi connectivity index (χ4v) is 1.51. The van der Waals surface area contributed by atoms with Crippen LogP contribution in [0.15, 0.2) is 12.1 Å². The second kappa shape index (κ2) is 4.45. The summed E-state index contributed by atoms with van der Waals surface area (Å²) in [6.07, 6.45) is -1.02. The van der Waals surface area contributed by atoms with E-state index in [1.165, 1.54) is 6.07 Å². The van der Waals surface area contributed by atoms with E-state index in [1.807, 2.05) is 0 Å². The molecule has 1 aromatic carbocycles. The molecule has 0 saturated carbocycles. The van der Waals surface area contributed by atoms with Gasteiger partial charge in [-0.15, -0.1) is 0 Å². The lowest BCUT2D eigenvalue weighted by atomic mass is 10.0. The first-order valence-corrected chi connectivity index (χ1v) is 4.77. The van der Waals surface area contributed by atoms with E-state index in [1.54, 1.807) is 6.92 Å². The van der Waals surface area contributed by atoms with Crippen LogP contribution in [0.2, 0.25) is 10.0 Å². The fraction of sp³-hybridized carbons (Fsp3) is 0.333. The van der Waals surface area contributed by atoms with Crippen molar-refractivity contribution in [2.24, 2.45) is 5.73 Å². The predicted molar refractivity (Wildman–Crippen MR) is 55.0 cm³/mol. The second-order valence-corrected chi connectivity index (χ2v) is 3.91. The largest absolute Gasteiger partial charge is 0.387 e. The summed E-state index contributed by atoms with van der Waals surface area (Å²) in [5.74, 6) is -0.658. The first-order valence-electron chi connectivity index (χ1n) is 4.01. The number of nitrogens with two attached hydrogens (primary N) is 1. The van der Waals surface area contributed by atoms with E-state index in [-0.39, 0.29) is 15.6 Å². The lowest BCUT2D eigenvalue weighted by Gasteiger charge is -2.16. The van der Waals surface area contributed by atoms with E-state index >= 15 is 0 Å². The summed E-state index contributed by atoms with van der Waals surface area (Å²) in [5.41, 5.74) is 5.68. The Balaban J connectivity index is 3.20. The van der Waals surface area contributed by atoms with Gasteiger partial charge >= 0.3 is 0 Å². The van der Waals surface area contributed by atoms with Crippen LogP contribution in [-0.2, 0) is 0 Å². The van der Waals surface area contributed by atoms with Crippen LogP contribution in [0.5, 0.6) is 0 Å². The van der Waals surface area contributed by atoms with Crippen LogP contribution in [-0.4, -0.2) is 11.1 Å². The average molecular weight is 238 g/mol. The van der Waals surface area contributed by atoms with E-state index in [0.29, 0.717) is 0 Å². The van der Waals surface area contributed by atoms with E-state index in [0.717, 1.165) is 6.07 Å². The minimum atomic E-state index is -1.02. The predicted octanol–water partition coefficient (Wildman–Crippen LogP) is 2.51. The summed E-state index contributed by atoms with van der Waals surface area (Å²) in [5, 5.41) is 9.64. The third-order valence-electron chi connectivity index (χ3n) is 1.84. The quantitative estimate of drug-likeness (QED) is 0.777.